The van der Waals surface area contributed by atoms with E-state index in [0.29, 0.717) is 11.3 Å². The molecule has 0 bridgehead atoms. The second-order valence-electron chi connectivity index (χ2n) is 7.11. The Balaban J connectivity index is 1.76. The third-order valence-corrected chi connectivity index (χ3v) is 5.40. The monoisotopic (exact) mass is 397 g/mol. The van der Waals surface area contributed by atoms with Gasteiger partial charge >= 0.3 is 0 Å². The number of methoxy groups -OCH3 is 2. The highest BCUT2D eigenvalue weighted by Crippen LogP contribution is 2.40. The van der Waals surface area contributed by atoms with E-state index >= 15 is 0 Å². The minimum Gasteiger partial charge on any atom is -0.497 e. The van der Waals surface area contributed by atoms with Gasteiger partial charge in [-0.25, -0.2) is 0 Å². The molecule has 2 aromatic rings. The van der Waals surface area contributed by atoms with Crippen LogP contribution in [0.5, 0.6) is 11.5 Å². The molecule has 0 aromatic heterocycles. The normalized spacial score (nSPS) is 17.6. The molecule has 0 unspecified atom stereocenters. The lowest BCUT2D eigenvalue weighted by Crippen LogP contribution is -2.41. The molecular weight excluding hydrogens is 370 g/mol. The first-order valence-electron chi connectivity index (χ1n) is 9.63. The van der Waals surface area contributed by atoms with E-state index in [0.717, 1.165) is 36.4 Å². The molecule has 2 amide bonds. The maximum atomic E-state index is 12.9. The van der Waals surface area contributed by atoms with Gasteiger partial charge in [-0.1, -0.05) is 0 Å². The SMILES string of the molecule is COc1ccc(OC)c([C@H]2CCCN2[C@H](C)C(=O)Nc2ccc(C(N)=O)cc2)c1. The van der Waals surface area contributed by atoms with Crippen molar-refractivity contribution in [2.75, 3.05) is 26.1 Å². The number of ether oxygens (including phenoxy) is 2. The lowest BCUT2D eigenvalue weighted by molar-refractivity contribution is -0.121. The van der Waals surface area contributed by atoms with Crippen molar-refractivity contribution >= 4 is 17.5 Å². The number of hydrogen-bond donors (Lipinski definition) is 2. The summed E-state index contributed by atoms with van der Waals surface area (Å²) in [6.45, 7) is 2.72. The number of benzene rings is 2. The van der Waals surface area contributed by atoms with Crippen molar-refractivity contribution in [2.45, 2.75) is 31.8 Å². The molecule has 3 rings (SSSR count). The van der Waals surface area contributed by atoms with Crippen molar-refractivity contribution in [2.24, 2.45) is 5.73 Å². The van der Waals surface area contributed by atoms with Gasteiger partial charge in [0.15, 0.2) is 0 Å². The van der Waals surface area contributed by atoms with Crippen LogP contribution in [0, 0.1) is 0 Å². The second-order valence-corrected chi connectivity index (χ2v) is 7.11. The van der Waals surface area contributed by atoms with E-state index in [4.69, 9.17) is 15.2 Å². The molecule has 1 aliphatic rings. The predicted molar refractivity (Wildman–Crippen MR) is 111 cm³/mol. The number of primary amides is 1. The number of amides is 2. The Labute approximate surface area is 170 Å². The van der Waals surface area contributed by atoms with E-state index in [2.05, 4.69) is 10.2 Å². The molecule has 0 radical (unpaired) electrons. The Morgan fingerprint density at radius 3 is 2.48 bits per heavy atom. The molecule has 0 saturated carbocycles. The molecule has 1 heterocycles. The molecule has 154 valence electrons. The molecule has 2 aromatic carbocycles. The van der Waals surface area contributed by atoms with Gasteiger partial charge in [-0.3, -0.25) is 14.5 Å². The quantitative estimate of drug-likeness (QED) is 0.749. The number of carbonyl (C=O) groups excluding carboxylic acids is 2. The topological polar surface area (TPSA) is 93.9 Å². The van der Waals surface area contributed by atoms with Gasteiger partial charge in [-0.15, -0.1) is 0 Å². The van der Waals surface area contributed by atoms with Gasteiger partial charge in [-0.05, 0) is 68.8 Å². The standard InChI is InChI=1S/C22H27N3O4/c1-14(22(27)24-16-8-6-15(7-9-16)21(23)26)25-12-4-5-19(25)18-13-17(28-2)10-11-20(18)29-3/h6-11,13-14,19H,4-5,12H2,1-3H3,(H2,23,26)(H,24,27)/t14-,19-/m1/s1. The second kappa shape index (κ2) is 8.96. The first kappa shape index (κ1) is 20.7. The molecule has 0 aliphatic carbocycles. The zero-order chi connectivity index (χ0) is 21.0. The highest BCUT2D eigenvalue weighted by molar-refractivity contribution is 5.96. The predicted octanol–water partition coefficient (Wildman–Crippen LogP) is 2.97. The Morgan fingerprint density at radius 1 is 1.14 bits per heavy atom. The Hall–Kier alpha value is -3.06. The third kappa shape index (κ3) is 4.51. The van der Waals surface area contributed by atoms with Crippen LogP contribution in [-0.2, 0) is 4.79 Å². The number of carbonyl (C=O) groups is 2. The van der Waals surface area contributed by atoms with Crippen molar-refractivity contribution in [1.29, 1.82) is 0 Å². The Kier molecular flexibility index (Phi) is 6.39. The van der Waals surface area contributed by atoms with E-state index in [1.165, 1.54) is 0 Å². The van der Waals surface area contributed by atoms with E-state index in [9.17, 15) is 9.59 Å². The van der Waals surface area contributed by atoms with Crippen molar-refractivity contribution in [3.05, 3.63) is 53.6 Å². The van der Waals surface area contributed by atoms with Gasteiger partial charge in [0.1, 0.15) is 11.5 Å². The third-order valence-electron chi connectivity index (χ3n) is 5.40. The lowest BCUT2D eigenvalue weighted by Gasteiger charge is -2.31. The molecule has 7 heteroatoms. The van der Waals surface area contributed by atoms with Crippen LogP contribution in [0.2, 0.25) is 0 Å². The first-order chi connectivity index (χ1) is 13.9. The van der Waals surface area contributed by atoms with Gasteiger partial charge in [0, 0.05) is 22.9 Å². The number of likely N-dealkylation sites (tertiary alicyclic amines) is 1. The van der Waals surface area contributed by atoms with Crippen LogP contribution in [0.15, 0.2) is 42.5 Å². The molecular formula is C22H27N3O4. The van der Waals surface area contributed by atoms with Gasteiger partial charge in [-0.2, -0.15) is 0 Å². The van der Waals surface area contributed by atoms with Crippen LogP contribution in [0.4, 0.5) is 5.69 Å². The number of nitrogens with two attached hydrogens (primary N) is 1. The molecule has 1 saturated heterocycles. The van der Waals surface area contributed by atoms with Crippen LogP contribution in [0.25, 0.3) is 0 Å². The highest BCUT2D eigenvalue weighted by Gasteiger charge is 2.34. The lowest BCUT2D eigenvalue weighted by atomic mass is 10.0. The summed E-state index contributed by atoms with van der Waals surface area (Å²) in [6, 6.07) is 12.0. The van der Waals surface area contributed by atoms with E-state index in [1.54, 1.807) is 38.5 Å². The Morgan fingerprint density at radius 2 is 1.86 bits per heavy atom. The molecule has 3 N–H and O–H groups in total. The summed E-state index contributed by atoms with van der Waals surface area (Å²) in [6.07, 6.45) is 1.93. The zero-order valence-corrected chi connectivity index (χ0v) is 17.0. The average molecular weight is 397 g/mol. The fraction of sp³-hybridized carbons (Fsp3) is 0.364. The maximum Gasteiger partial charge on any atom is 0.248 e. The summed E-state index contributed by atoms with van der Waals surface area (Å²) < 4.78 is 10.9. The zero-order valence-electron chi connectivity index (χ0n) is 17.0. The summed E-state index contributed by atoms with van der Waals surface area (Å²) in [4.78, 5) is 26.3. The van der Waals surface area contributed by atoms with Crippen molar-refractivity contribution in [1.82, 2.24) is 4.90 Å². The average Bonchev–Trinajstić information content (AvgIpc) is 3.22. The molecule has 29 heavy (non-hydrogen) atoms. The van der Waals surface area contributed by atoms with Crippen LogP contribution in [-0.4, -0.2) is 43.5 Å². The fourth-order valence-corrected chi connectivity index (χ4v) is 3.80. The fourth-order valence-electron chi connectivity index (χ4n) is 3.80. The molecule has 1 fully saturated rings. The Bertz CT molecular complexity index is 882. The van der Waals surface area contributed by atoms with Crippen LogP contribution in [0.1, 0.15) is 41.7 Å². The number of nitrogens with zero attached hydrogens (tertiary/aromatic N) is 1. The molecule has 2 atom stereocenters. The summed E-state index contributed by atoms with van der Waals surface area (Å²) in [7, 11) is 3.29. The minimum absolute atomic E-state index is 0.0676. The number of anilines is 1. The van der Waals surface area contributed by atoms with Gasteiger partial charge < -0.3 is 20.5 Å². The minimum atomic E-state index is -0.497. The van der Waals surface area contributed by atoms with Crippen LogP contribution < -0.4 is 20.5 Å². The molecule has 0 spiro atoms. The van der Waals surface area contributed by atoms with Gasteiger partial charge in [0.2, 0.25) is 11.8 Å². The number of hydrogen-bond acceptors (Lipinski definition) is 5. The maximum absolute atomic E-state index is 12.9. The van der Waals surface area contributed by atoms with Crippen LogP contribution >= 0.6 is 0 Å². The smallest absolute Gasteiger partial charge is 0.248 e. The summed E-state index contributed by atoms with van der Waals surface area (Å²) in [5.74, 6) is 0.950. The summed E-state index contributed by atoms with van der Waals surface area (Å²) >= 11 is 0. The van der Waals surface area contributed by atoms with Gasteiger partial charge in [0.25, 0.3) is 0 Å². The van der Waals surface area contributed by atoms with Crippen molar-refractivity contribution < 1.29 is 19.1 Å². The number of rotatable bonds is 7. The molecule has 1 aliphatic heterocycles. The van der Waals surface area contributed by atoms with E-state index in [1.807, 2.05) is 25.1 Å². The van der Waals surface area contributed by atoms with Crippen LogP contribution in [0.3, 0.4) is 0 Å². The first-order valence-corrected chi connectivity index (χ1v) is 9.63. The van der Waals surface area contributed by atoms with E-state index in [-0.39, 0.29) is 18.0 Å². The molecule has 7 nitrogen and oxygen atoms in total. The van der Waals surface area contributed by atoms with Crippen molar-refractivity contribution in [3.63, 3.8) is 0 Å². The van der Waals surface area contributed by atoms with E-state index < -0.39 is 5.91 Å². The van der Waals surface area contributed by atoms with Gasteiger partial charge in [0.05, 0.1) is 20.3 Å². The van der Waals surface area contributed by atoms with Crippen molar-refractivity contribution in [3.8, 4) is 11.5 Å². The summed E-state index contributed by atoms with van der Waals surface area (Å²) in [5, 5.41) is 2.92. The largest absolute Gasteiger partial charge is 0.497 e. The summed E-state index contributed by atoms with van der Waals surface area (Å²) in [5.41, 5.74) is 7.31. The highest BCUT2D eigenvalue weighted by atomic mass is 16.5. The number of nitrogens with one attached hydrogen (secondary N) is 1.